The number of aliphatic hydroxyl groups is 2. The molecule has 0 heterocycles. The minimum atomic E-state index is -0.787. The standard InChI is InChI=1S/C58H52O10/c1-64-58(63)54-40-53(67-56(61)45-20-14-41(15-21-45)10-12-43-18-24-49-38-51(28-26-47(49)36-43)65-34-8-4-2-6-32-59)30-31-55(54)68-57(62)46-22-16-42(17-23-46)11-13-44-19-25-50-39-52(29-27-48(50)37-44)66-35-9-5-3-7-33-60/h14-31,36-40,59-60H,2-9,32-35H2,1H3. The van der Waals surface area contributed by atoms with Crippen molar-refractivity contribution in [1.82, 2.24) is 0 Å². The van der Waals surface area contributed by atoms with Gasteiger partial charge in [0.25, 0.3) is 0 Å². The SMILES string of the molecule is COC(=O)c1cc(OC(=O)c2ccc(C#Cc3ccc4cc(OCCCCCCO)ccc4c3)cc2)ccc1OC(=O)c1ccc(C#Cc2ccc3cc(OCCCCCCO)ccc3c2)cc1. The number of hydrogen-bond donors (Lipinski definition) is 2. The van der Waals surface area contributed by atoms with Crippen molar-refractivity contribution >= 4 is 39.5 Å². The number of carbonyl (C=O) groups is 3. The first-order chi connectivity index (χ1) is 33.3. The number of carbonyl (C=O) groups excluding carboxylic acids is 3. The number of unbranched alkanes of at least 4 members (excludes halogenated alkanes) is 6. The topological polar surface area (TPSA) is 138 Å². The van der Waals surface area contributed by atoms with Crippen molar-refractivity contribution in [3.8, 4) is 46.7 Å². The smallest absolute Gasteiger partial charge is 0.343 e. The highest BCUT2D eigenvalue weighted by molar-refractivity contribution is 5.97. The molecule has 0 aliphatic rings. The van der Waals surface area contributed by atoms with E-state index >= 15 is 0 Å². The second kappa shape index (κ2) is 24.6. The van der Waals surface area contributed by atoms with Crippen LogP contribution < -0.4 is 18.9 Å². The summed E-state index contributed by atoms with van der Waals surface area (Å²) in [5, 5.41) is 22.0. The van der Waals surface area contributed by atoms with E-state index in [4.69, 9.17) is 33.9 Å². The van der Waals surface area contributed by atoms with Gasteiger partial charge in [-0.15, -0.1) is 0 Å². The molecule has 0 atom stereocenters. The van der Waals surface area contributed by atoms with Gasteiger partial charge in [-0.25, -0.2) is 14.4 Å². The largest absolute Gasteiger partial charge is 0.494 e. The third kappa shape index (κ3) is 13.8. The van der Waals surface area contributed by atoms with Crippen LogP contribution in [-0.2, 0) is 4.74 Å². The highest BCUT2D eigenvalue weighted by atomic mass is 16.6. The number of aliphatic hydroxyl groups excluding tert-OH is 2. The highest BCUT2D eigenvalue weighted by Gasteiger charge is 2.20. The number of benzene rings is 7. The van der Waals surface area contributed by atoms with Crippen LogP contribution in [0.4, 0.5) is 0 Å². The second-order valence-electron chi connectivity index (χ2n) is 16.0. The number of esters is 3. The molecule has 10 heteroatoms. The number of ether oxygens (including phenoxy) is 5. The van der Waals surface area contributed by atoms with Crippen molar-refractivity contribution in [2.24, 2.45) is 0 Å². The minimum absolute atomic E-state index is 0.0495. The summed E-state index contributed by atoms with van der Waals surface area (Å²) >= 11 is 0. The third-order valence-electron chi connectivity index (χ3n) is 11.0. The molecule has 0 fully saturated rings. The summed E-state index contributed by atoms with van der Waals surface area (Å²) in [6.45, 7) is 1.73. The molecule has 0 spiro atoms. The zero-order valence-corrected chi connectivity index (χ0v) is 37.9. The summed E-state index contributed by atoms with van der Waals surface area (Å²) in [7, 11) is 1.20. The number of methoxy groups -OCH3 is 1. The molecule has 7 aromatic rings. The lowest BCUT2D eigenvalue weighted by Crippen LogP contribution is -2.13. The fourth-order valence-corrected chi connectivity index (χ4v) is 7.22. The van der Waals surface area contributed by atoms with Gasteiger partial charge in [-0.1, -0.05) is 60.8 Å². The van der Waals surface area contributed by atoms with Gasteiger partial charge in [0.1, 0.15) is 28.6 Å². The molecule has 0 aromatic heterocycles. The summed E-state index contributed by atoms with van der Waals surface area (Å²) in [6.07, 6.45) is 7.58. The second-order valence-corrected chi connectivity index (χ2v) is 16.0. The van der Waals surface area contributed by atoms with Gasteiger partial charge in [0.2, 0.25) is 0 Å². The molecule has 10 nitrogen and oxygen atoms in total. The van der Waals surface area contributed by atoms with E-state index in [9.17, 15) is 14.4 Å². The van der Waals surface area contributed by atoms with Gasteiger partial charge < -0.3 is 33.9 Å². The van der Waals surface area contributed by atoms with Gasteiger partial charge in [-0.2, -0.15) is 0 Å². The van der Waals surface area contributed by atoms with Crippen molar-refractivity contribution in [2.45, 2.75) is 51.4 Å². The molecule has 0 aliphatic heterocycles. The maximum atomic E-state index is 13.2. The Hall–Kier alpha value is -7.89. The molecule has 0 aliphatic carbocycles. The van der Waals surface area contributed by atoms with E-state index < -0.39 is 17.9 Å². The van der Waals surface area contributed by atoms with Crippen molar-refractivity contribution in [3.05, 3.63) is 178 Å². The predicted molar refractivity (Wildman–Crippen MR) is 263 cm³/mol. The Kier molecular flexibility index (Phi) is 17.4. The first-order valence-electron chi connectivity index (χ1n) is 22.7. The monoisotopic (exact) mass is 908 g/mol. The van der Waals surface area contributed by atoms with Gasteiger partial charge in [0, 0.05) is 35.5 Å². The maximum absolute atomic E-state index is 13.2. The van der Waals surface area contributed by atoms with E-state index in [2.05, 4.69) is 23.7 Å². The molecule has 0 radical (unpaired) electrons. The lowest BCUT2D eigenvalue weighted by molar-refractivity contribution is 0.0589. The summed E-state index contributed by atoms with van der Waals surface area (Å²) in [5.74, 6) is 12.1. The molecular formula is C58H52O10. The molecule has 7 rings (SSSR count). The number of hydrogen-bond acceptors (Lipinski definition) is 10. The molecule has 2 N–H and O–H groups in total. The Morgan fingerprint density at radius 3 is 1.31 bits per heavy atom. The first-order valence-corrected chi connectivity index (χ1v) is 22.7. The van der Waals surface area contributed by atoms with Gasteiger partial charge in [-0.3, -0.25) is 0 Å². The van der Waals surface area contributed by atoms with Gasteiger partial charge in [0.05, 0.1) is 31.5 Å². The fraction of sp³-hybridized carbons (Fsp3) is 0.224. The lowest BCUT2D eigenvalue weighted by atomic mass is 10.1. The van der Waals surface area contributed by atoms with Crippen LogP contribution in [0.5, 0.6) is 23.0 Å². The summed E-state index contributed by atoms with van der Waals surface area (Å²) in [4.78, 5) is 39.2. The molecule has 7 aromatic carbocycles. The average molecular weight is 909 g/mol. The van der Waals surface area contributed by atoms with E-state index in [1.165, 1.54) is 25.3 Å². The van der Waals surface area contributed by atoms with Crippen LogP contribution in [0.3, 0.4) is 0 Å². The predicted octanol–water partition coefficient (Wildman–Crippen LogP) is 10.9. The van der Waals surface area contributed by atoms with Crippen LogP contribution in [0.1, 0.15) is 105 Å². The fourth-order valence-electron chi connectivity index (χ4n) is 7.22. The number of fused-ring (bicyclic) bond motifs is 2. The van der Waals surface area contributed by atoms with E-state index in [-0.39, 0.29) is 41.4 Å². The van der Waals surface area contributed by atoms with Crippen molar-refractivity contribution in [2.75, 3.05) is 33.5 Å². The van der Waals surface area contributed by atoms with E-state index in [1.807, 2.05) is 72.8 Å². The maximum Gasteiger partial charge on any atom is 0.343 e. The van der Waals surface area contributed by atoms with E-state index in [0.29, 0.717) is 24.3 Å². The van der Waals surface area contributed by atoms with Crippen LogP contribution in [0.25, 0.3) is 21.5 Å². The molecule has 0 bridgehead atoms. The molecule has 344 valence electrons. The van der Waals surface area contributed by atoms with Crippen molar-refractivity contribution < 1.29 is 48.3 Å². The van der Waals surface area contributed by atoms with E-state index in [0.717, 1.165) is 95.5 Å². The minimum Gasteiger partial charge on any atom is -0.494 e. The molecule has 0 saturated heterocycles. The quantitative estimate of drug-likeness (QED) is 0.0349. The molecule has 0 saturated carbocycles. The zero-order valence-electron chi connectivity index (χ0n) is 37.9. The summed E-state index contributed by atoms with van der Waals surface area (Å²) in [6, 6.07) is 41.3. The van der Waals surface area contributed by atoms with Crippen LogP contribution in [-0.4, -0.2) is 61.7 Å². The molecule has 0 unspecified atom stereocenters. The zero-order chi connectivity index (χ0) is 47.5. The number of rotatable bonds is 19. The molecule has 68 heavy (non-hydrogen) atoms. The van der Waals surface area contributed by atoms with Crippen molar-refractivity contribution in [3.63, 3.8) is 0 Å². The van der Waals surface area contributed by atoms with E-state index in [1.54, 1.807) is 48.5 Å². The Bertz CT molecular complexity index is 2990. The van der Waals surface area contributed by atoms with Crippen molar-refractivity contribution in [1.29, 1.82) is 0 Å². The van der Waals surface area contributed by atoms with Crippen LogP contribution >= 0.6 is 0 Å². The Balaban J connectivity index is 0.918. The van der Waals surface area contributed by atoms with Crippen LogP contribution in [0.2, 0.25) is 0 Å². The third-order valence-corrected chi connectivity index (χ3v) is 11.0. The normalized spacial score (nSPS) is 10.6. The lowest BCUT2D eigenvalue weighted by Gasteiger charge is -2.11. The van der Waals surface area contributed by atoms with Gasteiger partial charge in [0.15, 0.2) is 0 Å². The Labute approximate surface area is 396 Å². The highest BCUT2D eigenvalue weighted by Crippen LogP contribution is 2.28. The molecule has 0 amide bonds. The Morgan fingerprint density at radius 1 is 0.412 bits per heavy atom. The average Bonchev–Trinajstić information content (AvgIpc) is 3.37. The molecular weight excluding hydrogens is 857 g/mol. The Morgan fingerprint density at radius 2 is 0.824 bits per heavy atom. The van der Waals surface area contributed by atoms with Gasteiger partial charge in [-0.05, 0) is 175 Å². The summed E-state index contributed by atoms with van der Waals surface area (Å²) < 4.78 is 28.0. The van der Waals surface area contributed by atoms with Crippen LogP contribution in [0.15, 0.2) is 140 Å². The van der Waals surface area contributed by atoms with Gasteiger partial charge >= 0.3 is 17.9 Å². The summed E-state index contributed by atoms with van der Waals surface area (Å²) in [5.41, 5.74) is 3.46. The van der Waals surface area contributed by atoms with Crippen LogP contribution in [0, 0.1) is 23.7 Å². The first kappa shape index (κ1) is 48.1.